The van der Waals surface area contributed by atoms with Gasteiger partial charge in [-0.2, -0.15) is 0 Å². The lowest BCUT2D eigenvalue weighted by atomic mass is 9.90. The van der Waals surface area contributed by atoms with Crippen molar-refractivity contribution in [3.63, 3.8) is 0 Å². The van der Waals surface area contributed by atoms with Crippen molar-refractivity contribution < 1.29 is 15.1 Å². The highest BCUT2D eigenvalue weighted by atomic mass is 16.6. The van der Waals surface area contributed by atoms with E-state index in [-0.39, 0.29) is 24.8 Å². The smallest absolute Gasteiger partial charge is 0.269 e. The summed E-state index contributed by atoms with van der Waals surface area (Å²) in [5.41, 5.74) is 9.09. The first-order chi connectivity index (χ1) is 19.5. The number of fused-ring (bicyclic) bond motifs is 8. The summed E-state index contributed by atoms with van der Waals surface area (Å²) in [7, 11) is 0. The summed E-state index contributed by atoms with van der Waals surface area (Å²) in [6.07, 6.45) is 8.78. The van der Waals surface area contributed by atoms with Crippen LogP contribution in [0, 0.1) is 10.1 Å². The summed E-state index contributed by atoms with van der Waals surface area (Å²) in [5, 5.41) is 30.7. The topological polar surface area (TPSA) is 141 Å². The van der Waals surface area contributed by atoms with Crippen molar-refractivity contribution in [1.29, 1.82) is 0 Å². The number of aliphatic hydroxyl groups excluding tert-OH is 2. The molecule has 0 fully saturated rings. The van der Waals surface area contributed by atoms with E-state index in [1.54, 1.807) is 12.1 Å². The van der Waals surface area contributed by atoms with Crippen LogP contribution >= 0.6 is 0 Å². The number of hydrogen-bond donors (Lipinski definition) is 4. The summed E-state index contributed by atoms with van der Waals surface area (Å²) >= 11 is 0. The summed E-state index contributed by atoms with van der Waals surface area (Å²) in [6, 6.07) is 18.3. The molecule has 2 aliphatic rings. The molecule has 40 heavy (non-hydrogen) atoms. The number of H-pyrrole nitrogens is 2. The van der Waals surface area contributed by atoms with Crippen LogP contribution in [0.4, 0.5) is 5.69 Å². The Morgan fingerprint density at radius 1 is 0.750 bits per heavy atom. The van der Waals surface area contributed by atoms with Crippen LogP contribution in [-0.4, -0.2) is 48.3 Å². The molecule has 2 aliphatic heterocycles. The first-order valence-corrected chi connectivity index (χ1v) is 13.1. The average molecular weight is 534 g/mol. The number of aromatic nitrogens is 4. The van der Waals surface area contributed by atoms with E-state index >= 15 is 0 Å². The number of aliphatic hydroxyl groups is 2. The molecule has 200 valence electrons. The minimum Gasteiger partial charge on any atom is -0.396 e. The monoisotopic (exact) mass is 533 g/mol. The van der Waals surface area contributed by atoms with Gasteiger partial charge in [0.15, 0.2) is 0 Å². The third-order valence-electron chi connectivity index (χ3n) is 7.17. The summed E-state index contributed by atoms with van der Waals surface area (Å²) in [6.45, 7) is -0.00467. The maximum absolute atomic E-state index is 11.2. The van der Waals surface area contributed by atoms with Crippen LogP contribution in [0.15, 0.2) is 60.7 Å². The fraction of sp³-hybridized carbons (Fsp3) is 0.161. The second-order valence-electron chi connectivity index (χ2n) is 9.77. The van der Waals surface area contributed by atoms with E-state index in [0.717, 1.165) is 61.5 Å². The molecule has 9 heteroatoms. The van der Waals surface area contributed by atoms with Gasteiger partial charge in [0, 0.05) is 58.5 Å². The standard InChI is InChI=1S/C31H27N5O4/c37-15-13-20(14-16-38)31-28-11-5-23(34-28)17-21-3-9-26(32-21)30(19-1-7-25(8-2-19)36(39)40)27-10-4-22(33-27)18-24-6-12-29(31)35-24/h1-12,17-18,20,32-33,37-38H,13-16H2. The Labute approximate surface area is 229 Å². The van der Waals surface area contributed by atoms with Crippen molar-refractivity contribution in [3.05, 3.63) is 99.1 Å². The van der Waals surface area contributed by atoms with Gasteiger partial charge in [-0.15, -0.1) is 0 Å². The predicted octanol–water partition coefficient (Wildman–Crippen LogP) is 6.08. The number of nitro benzene ring substituents is 1. The number of rotatable bonds is 7. The normalized spacial score (nSPS) is 12.4. The van der Waals surface area contributed by atoms with E-state index in [0.29, 0.717) is 12.8 Å². The lowest BCUT2D eigenvalue weighted by Gasteiger charge is -2.16. The maximum atomic E-state index is 11.2. The Hall–Kier alpha value is -4.86. The largest absolute Gasteiger partial charge is 0.396 e. The van der Waals surface area contributed by atoms with Gasteiger partial charge in [0.2, 0.25) is 0 Å². The molecule has 0 unspecified atom stereocenters. The van der Waals surface area contributed by atoms with Gasteiger partial charge in [0.25, 0.3) is 5.69 Å². The van der Waals surface area contributed by atoms with Crippen LogP contribution < -0.4 is 0 Å². The van der Waals surface area contributed by atoms with Crippen LogP contribution in [0.2, 0.25) is 0 Å². The van der Waals surface area contributed by atoms with Gasteiger partial charge in [-0.1, -0.05) is 0 Å². The van der Waals surface area contributed by atoms with Gasteiger partial charge < -0.3 is 20.2 Å². The molecule has 6 rings (SSSR count). The third-order valence-corrected chi connectivity index (χ3v) is 7.17. The van der Waals surface area contributed by atoms with Gasteiger partial charge >= 0.3 is 0 Å². The van der Waals surface area contributed by atoms with E-state index in [2.05, 4.69) is 9.97 Å². The Morgan fingerprint density at radius 3 is 1.75 bits per heavy atom. The van der Waals surface area contributed by atoms with E-state index in [1.807, 2.05) is 60.7 Å². The second-order valence-corrected chi connectivity index (χ2v) is 9.77. The van der Waals surface area contributed by atoms with Gasteiger partial charge in [0.1, 0.15) is 0 Å². The Morgan fingerprint density at radius 2 is 1.27 bits per heavy atom. The van der Waals surface area contributed by atoms with Crippen molar-refractivity contribution >= 4 is 52.1 Å². The minimum absolute atomic E-state index is 0.00233. The van der Waals surface area contributed by atoms with Crippen LogP contribution in [0.1, 0.15) is 47.1 Å². The van der Waals surface area contributed by atoms with Gasteiger partial charge in [-0.25, -0.2) is 9.97 Å². The second kappa shape index (κ2) is 10.7. The van der Waals surface area contributed by atoms with Crippen molar-refractivity contribution in [2.45, 2.75) is 18.8 Å². The molecule has 0 saturated heterocycles. The maximum Gasteiger partial charge on any atom is 0.269 e. The minimum atomic E-state index is -0.405. The van der Waals surface area contributed by atoms with Crippen molar-refractivity contribution in [3.8, 4) is 11.1 Å². The molecule has 0 aliphatic carbocycles. The molecule has 5 heterocycles. The Kier molecular flexibility index (Phi) is 6.81. The molecule has 0 amide bonds. The quantitative estimate of drug-likeness (QED) is 0.145. The number of benzene rings is 1. The van der Waals surface area contributed by atoms with Crippen LogP contribution in [-0.2, 0) is 0 Å². The number of nitrogens with zero attached hydrogens (tertiary/aromatic N) is 3. The van der Waals surface area contributed by atoms with Crippen molar-refractivity contribution in [1.82, 2.24) is 19.9 Å². The molecule has 4 aromatic rings. The molecule has 1 aromatic carbocycles. The first-order valence-electron chi connectivity index (χ1n) is 13.1. The zero-order chi connectivity index (χ0) is 27.6. The predicted molar refractivity (Wildman–Crippen MR) is 157 cm³/mol. The van der Waals surface area contributed by atoms with Crippen molar-refractivity contribution in [2.75, 3.05) is 13.2 Å². The van der Waals surface area contributed by atoms with Crippen LogP contribution in [0.25, 0.3) is 57.5 Å². The molecule has 9 nitrogen and oxygen atoms in total. The fourth-order valence-corrected chi connectivity index (χ4v) is 5.32. The van der Waals surface area contributed by atoms with E-state index in [9.17, 15) is 20.3 Å². The molecule has 0 radical (unpaired) electrons. The lowest BCUT2D eigenvalue weighted by molar-refractivity contribution is -0.384. The van der Waals surface area contributed by atoms with Gasteiger partial charge in [-0.3, -0.25) is 10.1 Å². The molecule has 0 spiro atoms. The SMILES string of the molecule is O=[N+]([O-])c1ccc(-c2c3ccc(cc4nc(c(C(CCO)CCO)c5nc(cc6ccc2[nH]6)C=C5)C=C4)[nH]3)cc1. The molecule has 0 atom stereocenters. The summed E-state index contributed by atoms with van der Waals surface area (Å²) in [4.78, 5) is 27.5. The average Bonchev–Trinajstić information content (AvgIpc) is 3.76. The zero-order valence-corrected chi connectivity index (χ0v) is 21.5. The van der Waals surface area contributed by atoms with E-state index < -0.39 is 4.92 Å². The Bertz CT molecular complexity index is 1710. The highest BCUT2D eigenvalue weighted by Crippen LogP contribution is 2.33. The zero-order valence-electron chi connectivity index (χ0n) is 21.5. The number of nitrogens with one attached hydrogen (secondary N) is 2. The van der Waals surface area contributed by atoms with Gasteiger partial charge in [0.05, 0.1) is 27.7 Å². The fourth-order valence-electron chi connectivity index (χ4n) is 5.32. The van der Waals surface area contributed by atoms with Crippen LogP contribution in [0.3, 0.4) is 0 Å². The van der Waals surface area contributed by atoms with Crippen molar-refractivity contribution in [2.24, 2.45) is 0 Å². The van der Waals surface area contributed by atoms with E-state index in [1.165, 1.54) is 12.1 Å². The highest BCUT2D eigenvalue weighted by molar-refractivity contribution is 5.94. The Balaban J connectivity index is 1.64. The molecule has 3 aromatic heterocycles. The summed E-state index contributed by atoms with van der Waals surface area (Å²) < 4.78 is 0. The number of aromatic amines is 2. The van der Waals surface area contributed by atoms with Crippen LogP contribution in [0.5, 0.6) is 0 Å². The lowest BCUT2D eigenvalue weighted by Crippen LogP contribution is -2.08. The number of non-ortho nitro benzene ring substituents is 1. The molecule has 0 saturated carbocycles. The highest BCUT2D eigenvalue weighted by Gasteiger charge is 2.21. The molecular weight excluding hydrogens is 506 g/mol. The number of hydrogen-bond acceptors (Lipinski definition) is 6. The summed E-state index contributed by atoms with van der Waals surface area (Å²) in [5.74, 6) is -0.104. The number of nitro groups is 1. The molecule has 4 N–H and O–H groups in total. The molecule has 8 bridgehead atoms. The van der Waals surface area contributed by atoms with Gasteiger partial charge in [-0.05, 0) is 97.2 Å². The first kappa shape index (κ1) is 25.4. The molecular formula is C31H27N5O4. The third kappa shape index (κ3) is 4.95. The van der Waals surface area contributed by atoms with E-state index in [4.69, 9.17) is 9.97 Å².